The van der Waals surface area contributed by atoms with Crippen LogP contribution in [0.2, 0.25) is 10.0 Å². The monoisotopic (exact) mass is 371 g/mol. The molecule has 0 saturated heterocycles. The van der Waals surface area contributed by atoms with Gasteiger partial charge in [0.05, 0.1) is 27.0 Å². The Bertz CT molecular complexity index is 716. The van der Waals surface area contributed by atoms with Gasteiger partial charge in [-0.3, -0.25) is 9.48 Å². The molecule has 0 fully saturated rings. The molecule has 1 aromatic carbocycles. The highest BCUT2D eigenvalue weighted by molar-refractivity contribution is 7.98. The van der Waals surface area contributed by atoms with Gasteiger partial charge >= 0.3 is 0 Å². The van der Waals surface area contributed by atoms with Crippen LogP contribution in [-0.4, -0.2) is 28.5 Å². The van der Waals surface area contributed by atoms with Gasteiger partial charge in [-0.2, -0.15) is 5.10 Å². The molecule has 0 bridgehead atoms. The predicted octanol–water partition coefficient (Wildman–Crippen LogP) is 4.35. The first-order valence-corrected chi connectivity index (χ1v) is 9.23. The highest BCUT2D eigenvalue weighted by Crippen LogP contribution is 2.23. The summed E-state index contributed by atoms with van der Waals surface area (Å²) in [4.78, 5) is 13.2. The van der Waals surface area contributed by atoms with Crippen LogP contribution in [0.3, 0.4) is 0 Å². The lowest BCUT2D eigenvalue weighted by Crippen LogP contribution is -2.25. The zero-order valence-corrected chi connectivity index (χ0v) is 15.6. The number of aromatic nitrogens is 2. The molecular formula is C16H19Cl2N3OS. The first-order valence-electron chi connectivity index (χ1n) is 7.25. The lowest BCUT2D eigenvalue weighted by molar-refractivity contribution is 0.0952. The van der Waals surface area contributed by atoms with E-state index in [0.29, 0.717) is 28.7 Å². The van der Waals surface area contributed by atoms with Crippen LogP contribution >= 0.6 is 35.0 Å². The molecule has 2 aromatic rings. The SMILES string of the molecule is CSc1ccc(Cl)c(C(=O)NCCCn2nc(C)c(Cl)c2C)c1. The van der Waals surface area contributed by atoms with E-state index >= 15 is 0 Å². The zero-order chi connectivity index (χ0) is 17.0. The number of carbonyl (C=O) groups is 1. The van der Waals surface area contributed by atoms with Gasteiger partial charge in [0.2, 0.25) is 0 Å². The topological polar surface area (TPSA) is 46.9 Å². The van der Waals surface area contributed by atoms with Crippen molar-refractivity contribution in [3.8, 4) is 0 Å². The summed E-state index contributed by atoms with van der Waals surface area (Å²) in [5.74, 6) is -0.155. The van der Waals surface area contributed by atoms with E-state index in [2.05, 4.69) is 10.4 Å². The largest absolute Gasteiger partial charge is 0.352 e. The van der Waals surface area contributed by atoms with Gasteiger partial charge in [0.25, 0.3) is 5.91 Å². The molecule has 4 nitrogen and oxygen atoms in total. The van der Waals surface area contributed by atoms with E-state index in [-0.39, 0.29) is 5.91 Å². The fourth-order valence-electron chi connectivity index (χ4n) is 2.22. The second-order valence-electron chi connectivity index (χ2n) is 5.16. The number of halogens is 2. The summed E-state index contributed by atoms with van der Waals surface area (Å²) in [6, 6.07) is 5.46. The number of carbonyl (C=O) groups excluding carboxylic acids is 1. The first-order chi connectivity index (χ1) is 10.9. The van der Waals surface area contributed by atoms with Crippen molar-refractivity contribution >= 4 is 40.9 Å². The van der Waals surface area contributed by atoms with Crippen molar-refractivity contribution in [2.24, 2.45) is 0 Å². The molecule has 1 amide bonds. The minimum Gasteiger partial charge on any atom is -0.352 e. The van der Waals surface area contributed by atoms with Crippen LogP contribution < -0.4 is 5.32 Å². The van der Waals surface area contributed by atoms with Crippen molar-refractivity contribution in [1.29, 1.82) is 0 Å². The van der Waals surface area contributed by atoms with Crippen LogP contribution in [0.1, 0.15) is 28.2 Å². The van der Waals surface area contributed by atoms with Crippen molar-refractivity contribution < 1.29 is 4.79 Å². The van der Waals surface area contributed by atoms with Gasteiger partial charge in [0.1, 0.15) is 0 Å². The smallest absolute Gasteiger partial charge is 0.252 e. The summed E-state index contributed by atoms with van der Waals surface area (Å²) in [6.07, 6.45) is 2.73. The van der Waals surface area contributed by atoms with Crippen LogP contribution in [0.4, 0.5) is 0 Å². The number of thioether (sulfide) groups is 1. The van der Waals surface area contributed by atoms with E-state index in [1.165, 1.54) is 0 Å². The van der Waals surface area contributed by atoms with E-state index in [1.54, 1.807) is 17.8 Å². The van der Waals surface area contributed by atoms with Gasteiger partial charge in [0, 0.05) is 18.0 Å². The lowest BCUT2D eigenvalue weighted by atomic mass is 10.2. The van der Waals surface area contributed by atoms with Crippen molar-refractivity contribution in [1.82, 2.24) is 15.1 Å². The maximum absolute atomic E-state index is 12.2. The molecule has 1 N–H and O–H groups in total. The highest BCUT2D eigenvalue weighted by atomic mass is 35.5. The average Bonchev–Trinajstić information content (AvgIpc) is 2.79. The van der Waals surface area contributed by atoms with Gasteiger partial charge in [-0.05, 0) is 44.7 Å². The maximum Gasteiger partial charge on any atom is 0.252 e. The minimum absolute atomic E-state index is 0.155. The number of nitrogens with zero attached hydrogens (tertiary/aromatic N) is 2. The quantitative estimate of drug-likeness (QED) is 0.606. The molecule has 2 rings (SSSR count). The third kappa shape index (κ3) is 4.43. The van der Waals surface area contributed by atoms with Gasteiger partial charge in [-0.15, -0.1) is 11.8 Å². The van der Waals surface area contributed by atoms with Crippen LogP contribution in [-0.2, 0) is 6.54 Å². The molecule has 0 spiro atoms. The van der Waals surface area contributed by atoms with Crippen molar-refractivity contribution in [2.75, 3.05) is 12.8 Å². The van der Waals surface area contributed by atoms with Crippen LogP contribution in [0.25, 0.3) is 0 Å². The van der Waals surface area contributed by atoms with E-state index in [4.69, 9.17) is 23.2 Å². The standard InChI is InChI=1S/C16H19Cl2N3OS/c1-10-15(18)11(2)21(20-10)8-4-7-19-16(22)13-9-12(23-3)5-6-14(13)17/h5-6,9H,4,7-8H2,1-3H3,(H,19,22). The van der Waals surface area contributed by atoms with Crippen LogP contribution in [0.15, 0.2) is 23.1 Å². The summed E-state index contributed by atoms with van der Waals surface area (Å²) < 4.78 is 1.87. The molecule has 7 heteroatoms. The summed E-state index contributed by atoms with van der Waals surface area (Å²) in [6.45, 7) is 5.08. The summed E-state index contributed by atoms with van der Waals surface area (Å²) in [5.41, 5.74) is 2.28. The summed E-state index contributed by atoms with van der Waals surface area (Å²) in [7, 11) is 0. The molecular weight excluding hydrogens is 353 g/mol. The Morgan fingerprint density at radius 2 is 2.09 bits per heavy atom. The first kappa shape index (κ1) is 18.2. The molecule has 0 radical (unpaired) electrons. The maximum atomic E-state index is 12.2. The van der Waals surface area contributed by atoms with Crippen molar-refractivity contribution in [3.05, 3.63) is 45.2 Å². The predicted molar refractivity (Wildman–Crippen MR) is 96.9 cm³/mol. The number of hydrogen-bond donors (Lipinski definition) is 1. The molecule has 23 heavy (non-hydrogen) atoms. The fraction of sp³-hybridized carbons (Fsp3) is 0.375. The number of aryl methyl sites for hydroxylation is 2. The third-order valence-electron chi connectivity index (χ3n) is 3.54. The molecule has 0 atom stereocenters. The van der Waals surface area contributed by atoms with Crippen LogP contribution in [0.5, 0.6) is 0 Å². The molecule has 0 saturated carbocycles. The highest BCUT2D eigenvalue weighted by Gasteiger charge is 2.11. The zero-order valence-electron chi connectivity index (χ0n) is 13.3. The second kappa shape index (κ2) is 8.08. The molecule has 0 aliphatic heterocycles. The van der Waals surface area contributed by atoms with E-state index in [9.17, 15) is 4.79 Å². The number of hydrogen-bond acceptors (Lipinski definition) is 3. The van der Waals surface area contributed by atoms with Crippen LogP contribution in [0, 0.1) is 13.8 Å². The molecule has 0 aliphatic carbocycles. The molecule has 1 heterocycles. The Hall–Kier alpha value is -1.17. The number of rotatable bonds is 6. The van der Waals surface area contributed by atoms with Gasteiger partial charge in [0.15, 0.2) is 0 Å². The Morgan fingerprint density at radius 1 is 1.35 bits per heavy atom. The Labute approximate surface area is 150 Å². The van der Waals surface area contributed by atoms with Gasteiger partial charge < -0.3 is 5.32 Å². The van der Waals surface area contributed by atoms with E-state index in [1.807, 2.05) is 36.9 Å². The molecule has 1 aromatic heterocycles. The Morgan fingerprint density at radius 3 is 2.70 bits per heavy atom. The molecule has 0 aliphatic rings. The minimum atomic E-state index is -0.155. The normalized spacial score (nSPS) is 10.8. The fourth-order valence-corrected chi connectivity index (χ4v) is 3.00. The van der Waals surface area contributed by atoms with Crippen molar-refractivity contribution in [3.63, 3.8) is 0 Å². The summed E-state index contributed by atoms with van der Waals surface area (Å²) in [5, 5.41) is 8.43. The van der Waals surface area contributed by atoms with E-state index < -0.39 is 0 Å². The Balaban J connectivity index is 1.89. The van der Waals surface area contributed by atoms with Crippen molar-refractivity contribution in [2.45, 2.75) is 31.7 Å². The summed E-state index contributed by atoms with van der Waals surface area (Å²) >= 11 is 13.8. The van der Waals surface area contributed by atoms with Gasteiger partial charge in [-0.1, -0.05) is 23.2 Å². The Kier molecular flexibility index (Phi) is 6.39. The second-order valence-corrected chi connectivity index (χ2v) is 6.83. The third-order valence-corrected chi connectivity index (χ3v) is 5.15. The number of amides is 1. The number of benzene rings is 1. The lowest BCUT2D eigenvalue weighted by Gasteiger charge is -2.09. The average molecular weight is 372 g/mol. The molecule has 124 valence electrons. The molecule has 0 unspecified atom stereocenters. The van der Waals surface area contributed by atoms with E-state index in [0.717, 1.165) is 22.7 Å². The van der Waals surface area contributed by atoms with Gasteiger partial charge in [-0.25, -0.2) is 0 Å². The number of nitrogens with one attached hydrogen (secondary N) is 1.